The van der Waals surface area contributed by atoms with Crippen LogP contribution in [-0.2, 0) is 14.6 Å². The van der Waals surface area contributed by atoms with E-state index in [1.165, 1.54) is 6.26 Å². The maximum Gasteiger partial charge on any atom is 0.224 e. The fourth-order valence-corrected chi connectivity index (χ4v) is 3.57. The van der Waals surface area contributed by atoms with E-state index in [4.69, 9.17) is 5.73 Å². The van der Waals surface area contributed by atoms with Gasteiger partial charge in [0.15, 0.2) is 9.84 Å². The highest BCUT2D eigenvalue weighted by Crippen LogP contribution is 2.26. The van der Waals surface area contributed by atoms with E-state index in [0.29, 0.717) is 13.0 Å². The monoisotopic (exact) mass is 262 g/mol. The number of nitrogens with one attached hydrogen (secondary N) is 1. The molecule has 100 valence electrons. The van der Waals surface area contributed by atoms with E-state index in [1.807, 2.05) is 0 Å². The molecule has 0 aromatic carbocycles. The van der Waals surface area contributed by atoms with Crippen molar-refractivity contribution < 1.29 is 13.2 Å². The molecule has 2 atom stereocenters. The zero-order valence-electron chi connectivity index (χ0n) is 10.7. The summed E-state index contributed by atoms with van der Waals surface area (Å²) in [5.41, 5.74) is 4.63. The van der Waals surface area contributed by atoms with Gasteiger partial charge in [0.2, 0.25) is 5.91 Å². The lowest BCUT2D eigenvalue weighted by molar-refractivity contribution is -0.125. The van der Waals surface area contributed by atoms with E-state index < -0.39 is 15.3 Å². The Balaban J connectivity index is 2.61. The van der Waals surface area contributed by atoms with Crippen LogP contribution in [0.1, 0.15) is 33.1 Å². The van der Waals surface area contributed by atoms with Crippen molar-refractivity contribution in [2.75, 3.05) is 12.8 Å². The number of primary amides is 1. The van der Waals surface area contributed by atoms with Crippen molar-refractivity contribution in [2.24, 2.45) is 11.1 Å². The van der Waals surface area contributed by atoms with Gasteiger partial charge in [0, 0.05) is 18.8 Å². The Labute approximate surface area is 103 Å². The SMILES string of the molecule is CC(C)(CNC1CCCC1S(C)(=O)=O)C(N)=O. The van der Waals surface area contributed by atoms with Crippen molar-refractivity contribution in [3.8, 4) is 0 Å². The summed E-state index contributed by atoms with van der Waals surface area (Å²) in [6.07, 6.45) is 3.73. The third kappa shape index (κ3) is 3.67. The summed E-state index contributed by atoms with van der Waals surface area (Å²) < 4.78 is 23.1. The standard InChI is InChI=1S/C11H22N2O3S/c1-11(2,10(12)14)7-13-8-5-4-6-9(8)17(3,15)16/h8-9,13H,4-7H2,1-3H3,(H2,12,14). The highest BCUT2D eigenvalue weighted by molar-refractivity contribution is 7.91. The van der Waals surface area contributed by atoms with Gasteiger partial charge in [-0.15, -0.1) is 0 Å². The number of carbonyl (C=O) groups excluding carboxylic acids is 1. The summed E-state index contributed by atoms with van der Waals surface area (Å²) in [4.78, 5) is 11.2. The van der Waals surface area contributed by atoms with Crippen molar-refractivity contribution in [1.29, 1.82) is 0 Å². The lowest BCUT2D eigenvalue weighted by atomic mass is 9.92. The van der Waals surface area contributed by atoms with E-state index >= 15 is 0 Å². The first-order valence-electron chi connectivity index (χ1n) is 5.87. The van der Waals surface area contributed by atoms with Gasteiger partial charge < -0.3 is 11.1 Å². The summed E-state index contributed by atoms with van der Waals surface area (Å²) >= 11 is 0. The summed E-state index contributed by atoms with van der Waals surface area (Å²) in [7, 11) is -3.02. The quantitative estimate of drug-likeness (QED) is 0.733. The molecular formula is C11H22N2O3S. The molecule has 1 fully saturated rings. The fourth-order valence-electron chi connectivity index (χ4n) is 2.15. The Kier molecular flexibility index (Phi) is 4.19. The Morgan fingerprint density at radius 2 is 2.00 bits per heavy atom. The van der Waals surface area contributed by atoms with Gasteiger partial charge in [-0.2, -0.15) is 0 Å². The highest BCUT2D eigenvalue weighted by atomic mass is 32.2. The molecule has 1 amide bonds. The first-order chi connectivity index (χ1) is 7.64. The Morgan fingerprint density at radius 1 is 1.41 bits per heavy atom. The first kappa shape index (κ1) is 14.4. The molecule has 17 heavy (non-hydrogen) atoms. The van der Waals surface area contributed by atoms with Crippen LogP contribution in [0.2, 0.25) is 0 Å². The molecule has 1 saturated carbocycles. The molecule has 0 aliphatic heterocycles. The van der Waals surface area contributed by atoms with Gasteiger partial charge in [0.05, 0.1) is 10.7 Å². The van der Waals surface area contributed by atoms with Crippen molar-refractivity contribution >= 4 is 15.7 Å². The zero-order chi connectivity index (χ0) is 13.3. The van der Waals surface area contributed by atoms with Gasteiger partial charge in [-0.25, -0.2) is 8.42 Å². The van der Waals surface area contributed by atoms with Crippen molar-refractivity contribution in [3.63, 3.8) is 0 Å². The summed E-state index contributed by atoms with van der Waals surface area (Å²) in [5, 5.41) is 2.85. The van der Waals surface area contributed by atoms with E-state index in [0.717, 1.165) is 12.8 Å². The van der Waals surface area contributed by atoms with E-state index in [2.05, 4.69) is 5.32 Å². The molecule has 6 heteroatoms. The van der Waals surface area contributed by atoms with E-state index in [-0.39, 0.29) is 17.2 Å². The van der Waals surface area contributed by atoms with Crippen LogP contribution in [0.3, 0.4) is 0 Å². The molecule has 3 N–H and O–H groups in total. The molecule has 0 aromatic rings. The number of nitrogens with two attached hydrogens (primary N) is 1. The van der Waals surface area contributed by atoms with Crippen molar-refractivity contribution in [2.45, 2.75) is 44.4 Å². The van der Waals surface area contributed by atoms with Gasteiger partial charge in [0.25, 0.3) is 0 Å². The average molecular weight is 262 g/mol. The summed E-state index contributed by atoms with van der Waals surface area (Å²) in [6, 6.07) is -0.0522. The van der Waals surface area contributed by atoms with Gasteiger partial charge in [0.1, 0.15) is 0 Å². The fraction of sp³-hybridized carbons (Fsp3) is 0.909. The predicted octanol–water partition coefficient (Wildman–Crippen LogP) is 0.0532. The third-order valence-corrected chi connectivity index (χ3v) is 5.14. The topological polar surface area (TPSA) is 89.3 Å². The number of carbonyl (C=O) groups is 1. The molecule has 1 aliphatic rings. The van der Waals surface area contributed by atoms with Crippen LogP contribution in [0.25, 0.3) is 0 Å². The van der Waals surface area contributed by atoms with Crippen molar-refractivity contribution in [3.05, 3.63) is 0 Å². The molecule has 1 rings (SSSR count). The first-order valence-corrected chi connectivity index (χ1v) is 7.82. The molecule has 2 unspecified atom stereocenters. The minimum atomic E-state index is -3.02. The smallest absolute Gasteiger partial charge is 0.224 e. The normalized spacial score (nSPS) is 26.1. The molecule has 0 bridgehead atoms. The van der Waals surface area contributed by atoms with Gasteiger partial charge in [-0.3, -0.25) is 4.79 Å². The molecular weight excluding hydrogens is 240 g/mol. The minimum Gasteiger partial charge on any atom is -0.369 e. The molecule has 0 radical (unpaired) electrons. The van der Waals surface area contributed by atoms with Crippen LogP contribution in [0.5, 0.6) is 0 Å². The Morgan fingerprint density at radius 3 is 2.47 bits per heavy atom. The Bertz CT molecular complexity index is 390. The van der Waals surface area contributed by atoms with Crippen LogP contribution in [0.15, 0.2) is 0 Å². The summed E-state index contributed by atoms with van der Waals surface area (Å²) in [6.45, 7) is 3.93. The second-order valence-corrected chi connectivity index (χ2v) is 7.80. The summed E-state index contributed by atoms with van der Waals surface area (Å²) in [5.74, 6) is -0.376. The average Bonchev–Trinajstić information content (AvgIpc) is 2.61. The number of sulfone groups is 1. The van der Waals surface area contributed by atoms with Gasteiger partial charge in [-0.05, 0) is 26.7 Å². The second kappa shape index (κ2) is 4.94. The molecule has 0 spiro atoms. The van der Waals surface area contributed by atoms with E-state index in [9.17, 15) is 13.2 Å². The van der Waals surface area contributed by atoms with Crippen LogP contribution >= 0.6 is 0 Å². The maximum absolute atomic E-state index is 11.6. The van der Waals surface area contributed by atoms with Crippen LogP contribution < -0.4 is 11.1 Å². The molecule has 1 aliphatic carbocycles. The lowest BCUT2D eigenvalue weighted by Gasteiger charge is -2.26. The van der Waals surface area contributed by atoms with Gasteiger partial charge in [-0.1, -0.05) is 6.42 Å². The lowest BCUT2D eigenvalue weighted by Crippen LogP contribution is -2.47. The largest absolute Gasteiger partial charge is 0.369 e. The number of hydrogen-bond donors (Lipinski definition) is 2. The van der Waals surface area contributed by atoms with Crippen LogP contribution in [-0.4, -0.2) is 38.4 Å². The molecule has 0 aromatic heterocycles. The second-order valence-electron chi connectivity index (χ2n) is 5.53. The molecule has 5 nitrogen and oxygen atoms in total. The number of hydrogen-bond acceptors (Lipinski definition) is 4. The molecule has 0 saturated heterocycles. The maximum atomic E-state index is 11.6. The Hall–Kier alpha value is -0.620. The highest BCUT2D eigenvalue weighted by Gasteiger charge is 2.36. The third-order valence-electron chi connectivity index (χ3n) is 3.48. The number of amides is 1. The van der Waals surface area contributed by atoms with Crippen molar-refractivity contribution in [1.82, 2.24) is 5.32 Å². The molecule has 0 heterocycles. The minimum absolute atomic E-state index is 0.0522. The van der Waals surface area contributed by atoms with Gasteiger partial charge >= 0.3 is 0 Å². The predicted molar refractivity (Wildman–Crippen MR) is 67.2 cm³/mol. The van der Waals surface area contributed by atoms with Crippen LogP contribution in [0, 0.1) is 5.41 Å². The van der Waals surface area contributed by atoms with E-state index in [1.54, 1.807) is 13.8 Å². The zero-order valence-corrected chi connectivity index (χ0v) is 11.5. The number of rotatable bonds is 5. The van der Waals surface area contributed by atoms with Crippen LogP contribution in [0.4, 0.5) is 0 Å².